The van der Waals surface area contributed by atoms with Gasteiger partial charge in [-0.3, -0.25) is 4.79 Å². The smallest absolute Gasteiger partial charge is 0.410 e. The van der Waals surface area contributed by atoms with Gasteiger partial charge in [-0.15, -0.1) is 11.6 Å². The number of nitrogens with zero attached hydrogens (tertiary/aromatic N) is 2. The Morgan fingerprint density at radius 2 is 1.81 bits per heavy atom. The van der Waals surface area contributed by atoms with Gasteiger partial charge >= 0.3 is 6.09 Å². The van der Waals surface area contributed by atoms with Crippen LogP contribution in [0.4, 0.5) is 10.5 Å². The number of benzene rings is 1. The Kier molecular flexibility index (Phi) is 6.76. The number of likely N-dealkylation sites (tertiary alicyclic amines) is 1. The van der Waals surface area contributed by atoms with Gasteiger partial charge in [0.25, 0.3) is 0 Å². The van der Waals surface area contributed by atoms with Gasteiger partial charge in [0.05, 0.1) is 12.1 Å². The molecule has 0 bridgehead atoms. The number of anilines is 1. The second kappa shape index (κ2) is 8.48. The number of carbonyl (C=O) groups excluding carboxylic acids is 2. The molecule has 150 valence electrons. The van der Waals surface area contributed by atoms with Crippen LogP contribution in [0.5, 0.6) is 0 Å². The molecule has 1 aliphatic rings. The van der Waals surface area contributed by atoms with Crippen molar-refractivity contribution in [1.29, 1.82) is 0 Å². The van der Waals surface area contributed by atoms with E-state index in [1.807, 2.05) is 51.1 Å². The third-order valence-corrected chi connectivity index (χ3v) is 4.66. The first-order valence-electron chi connectivity index (χ1n) is 9.22. The van der Waals surface area contributed by atoms with Crippen LogP contribution in [0, 0.1) is 0 Å². The Labute approximate surface area is 166 Å². The van der Waals surface area contributed by atoms with Crippen molar-refractivity contribution >= 4 is 29.3 Å². The molecule has 1 aromatic carbocycles. The molecule has 1 aliphatic heterocycles. The number of para-hydroxylation sites is 1. The number of carbonyl (C=O) groups is 2. The maximum Gasteiger partial charge on any atom is 0.410 e. The Bertz CT molecular complexity index is 650. The third-order valence-electron chi connectivity index (χ3n) is 4.47. The summed E-state index contributed by atoms with van der Waals surface area (Å²) < 4.78 is 5.39. The molecule has 7 heteroatoms. The monoisotopic (exact) mass is 396 g/mol. The van der Waals surface area contributed by atoms with E-state index in [9.17, 15) is 14.7 Å². The fourth-order valence-electron chi connectivity index (χ4n) is 3.00. The van der Waals surface area contributed by atoms with E-state index < -0.39 is 16.6 Å². The SMILES string of the molecule is CC(Cl)C(=O)N(CC1(O)CCN(C(=O)OC(C)(C)C)CC1)c1ccccc1. The van der Waals surface area contributed by atoms with Crippen LogP contribution < -0.4 is 4.90 Å². The van der Waals surface area contributed by atoms with Gasteiger partial charge in [0.2, 0.25) is 5.91 Å². The fraction of sp³-hybridized carbons (Fsp3) is 0.600. The van der Waals surface area contributed by atoms with E-state index in [4.69, 9.17) is 16.3 Å². The van der Waals surface area contributed by atoms with Crippen molar-refractivity contribution in [3.05, 3.63) is 30.3 Å². The molecule has 0 aromatic heterocycles. The fourth-order valence-corrected chi connectivity index (χ4v) is 3.12. The van der Waals surface area contributed by atoms with Crippen molar-refractivity contribution in [3.8, 4) is 0 Å². The largest absolute Gasteiger partial charge is 0.444 e. The summed E-state index contributed by atoms with van der Waals surface area (Å²) in [4.78, 5) is 27.9. The van der Waals surface area contributed by atoms with Crippen molar-refractivity contribution in [2.24, 2.45) is 0 Å². The van der Waals surface area contributed by atoms with E-state index in [0.29, 0.717) is 31.6 Å². The van der Waals surface area contributed by atoms with Gasteiger partial charge in [0.1, 0.15) is 11.0 Å². The van der Waals surface area contributed by atoms with E-state index in [2.05, 4.69) is 0 Å². The minimum Gasteiger partial charge on any atom is -0.444 e. The van der Waals surface area contributed by atoms with Crippen LogP contribution in [-0.4, -0.2) is 58.2 Å². The molecule has 6 nitrogen and oxygen atoms in total. The number of amides is 2. The number of aliphatic hydroxyl groups is 1. The number of ether oxygens (including phenoxy) is 1. The van der Waals surface area contributed by atoms with Crippen molar-refractivity contribution in [1.82, 2.24) is 4.90 Å². The van der Waals surface area contributed by atoms with Gasteiger partial charge in [-0.1, -0.05) is 18.2 Å². The van der Waals surface area contributed by atoms with Crippen molar-refractivity contribution in [2.45, 2.75) is 57.1 Å². The quantitative estimate of drug-likeness (QED) is 0.792. The second-order valence-corrected chi connectivity index (χ2v) is 8.72. The maximum absolute atomic E-state index is 12.6. The topological polar surface area (TPSA) is 70.1 Å². The average Bonchev–Trinajstić information content (AvgIpc) is 2.59. The van der Waals surface area contributed by atoms with Gasteiger partial charge in [0.15, 0.2) is 0 Å². The normalized spacial score (nSPS) is 17.9. The van der Waals surface area contributed by atoms with E-state index in [1.54, 1.807) is 11.8 Å². The molecule has 2 rings (SSSR count). The molecule has 1 aromatic rings. The first kappa shape index (κ1) is 21.5. The Balaban J connectivity index is 2.06. The zero-order chi connectivity index (χ0) is 20.2. The van der Waals surface area contributed by atoms with Crippen LogP contribution in [0.25, 0.3) is 0 Å². The lowest BCUT2D eigenvalue weighted by molar-refractivity contribution is -0.119. The number of hydrogen-bond acceptors (Lipinski definition) is 4. The predicted molar refractivity (Wildman–Crippen MR) is 106 cm³/mol. The summed E-state index contributed by atoms with van der Waals surface area (Å²) in [6.45, 7) is 7.97. The zero-order valence-corrected chi connectivity index (χ0v) is 17.2. The molecule has 27 heavy (non-hydrogen) atoms. The van der Waals surface area contributed by atoms with Crippen LogP contribution in [0.2, 0.25) is 0 Å². The molecule has 1 N–H and O–H groups in total. The van der Waals surface area contributed by atoms with Crippen molar-refractivity contribution < 1.29 is 19.4 Å². The number of piperidine rings is 1. The Hall–Kier alpha value is -1.79. The molecule has 1 saturated heterocycles. The van der Waals surface area contributed by atoms with Crippen molar-refractivity contribution in [2.75, 3.05) is 24.5 Å². The van der Waals surface area contributed by atoms with Gasteiger partial charge in [0, 0.05) is 18.8 Å². The number of rotatable bonds is 4. The minimum atomic E-state index is -1.09. The summed E-state index contributed by atoms with van der Waals surface area (Å²) in [7, 11) is 0. The molecule has 0 radical (unpaired) electrons. The number of halogens is 1. The Morgan fingerprint density at radius 3 is 2.30 bits per heavy atom. The number of alkyl halides is 1. The molecule has 0 spiro atoms. The predicted octanol–water partition coefficient (Wildman–Crippen LogP) is 3.41. The molecule has 1 fully saturated rings. The highest BCUT2D eigenvalue weighted by Crippen LogP contribution is 2.28. The number of hydrogen-bond donors (Lipinski definition) is 1. The summed E-state index contributed by atoms with van der Waals surface area (Å²) >= 11 is 6.02. The second-order valence-electron chi connectivity index (χ2n) is 8.07. The summed E-state index contributed by atoms with van der Waals surface area (Å²) in [5.74, 6) is -0.258. The van der Waals surface area contributed by atoms with Crippen LogP contribution in [0.15, 0.2) is 30.3 Å². The molecule has 1 unspecified atom stereocenters. The summed E-state index contributed by atoms with van der Waals surface area (Å²) in [6.07, 6.45) is 0.342. The lowest BCUT2D eigenvalue weighted by Gasteiger charge is -2.41. The van der Waals surface area contributed by atoms with Crippen LogP contribution >= 0.6 is 11.6 Å². The third kappa shape index (κ3) is 6.11. The molecule has 0 saturated carbocycles. The first-order valence-corrected chi connectivity index (χ1v) is 9.65. The van der Waals surface area contributed by atoms with Crippen LogP contribution in [-0.2, 0) is 9.53 Å². The van der Waals surface area contributed by atoms with Gasteiger partial charge < -0.3 is 19.6 Å². The van der Waals surface area contributed by atoms with E-state index in [1.165, 1.54) is 4.90 Å². The van der Waals surface area contributed by atoms with E-state index in [-0.39, 0.29) is 18.5 Å². The van der Waals surface area contributed by atoms with Crippen LogP contribution in [0.1, 0.15) is 40.5 Å². The summed E-state index contributed by atoms with van der Waals surface area (Å²) in [5, 5.41) is 10.4. The first-order chi connectivity index (χ1) is 12.5. The molecular weight excluding hydrogens is 368 g/mol. The Morgan fingerprint density at radius 1 is 1.26 bits per heavy atom. The maximum atomic E-state index is 12.6. The molecular formula is C20H29ClN2O4. The van der Waals surface area contributed by atoms with E-state index in [0.717, 1.165) is 0 Å². The molecule has 2 amide bonds. The van der Waals surface area contributed by atoms with Gasteiger partial charge in [-0.2, -0.15) is 0 Å². The van der Waals surface area contributed by atoms with Crippen molar-refractivity contribution in [3.63, 3.8) is 0 Å². The van der Waals surface area contributed by atoms with E-state index >= 15 is 0 Å². The van der Waals surface area contributed by atoms with Gasteiger partial charge in [-0.05, 0) is 52.7 Å². The van der Waals surface area contributed by atoms with Gasteiger partial charge in [-0.25, -0.2) is 4.79 Å². The lowest BCUT2D eigenvalue weighted by atomic mass is 9.90. The lowest BCUT2D eigenvalue weighted by Crippen LogP contribution is -2.54. The highest BCUT2D eigenvalue weighted by atomic mass is 35.5. The molecule has 1 atom stereocenters. The average molecular weight is 397 g/mol. The molecule has 1 heterocycles. The summed E-state index contributed by atoms with van der Waals surface area (Å²) in [5.41, 5.74) is -0.953. The summed E-state index contributed by atoms with van der Waals surface area (Å²) in [6, 6.07) is 9.17. The molecule has 0 aliphatic carbocycles. The standard InChI is InChI=1S/C20H29ClN2O4/c1-15(21)17(24)23(16-8-6-5-7-9-16)14-20(26)10-12-22(13-11-20)18(25)27-19(2,3)4/h5-9,15,26H,10-14H2,1-4H3. The highest BCUT2D eigenvalue weighted by molar-refractivity contribution is 6.32. The minimum absolute atomic E-state index is 0.134. The van der Waals surface area contributed by atoms with Crippen LogP contribution in [0.3, 0.4) is 0 Å². The highest BCUT2D eigenvalue weighted by Gasteiger charge is 2.38. The zero-order valence-electron chi connectivity index (χ0n) is 16.4.